The van der Waals surface area contributed by atoms with Gasteiger partial charge in [0.05, 0.1) is 21.6 Å². The molecule has 4 aromatic rings. The number of carbonyl (C=O) groups excluding carboxylic acids is 3. The summed E-state index contributed by atoms with van der Waals surface area (Å²) in [6, 6.07) is 29.9. The van der Waals surface area contributed by atoms with E-state index in [2.05, 4.69) is 0 Å². The monoisotopic (exact) mass is 660 g/mol. The lowest BCUT2D eigenvalue weighted by molar-refractivity contribution is -0.287. The summed E-state index contributed by atoms with van der Waals surface area (Å²) in [5.74, 6) is -2.41. The van der Waals surface area contributed by atoms with Crippen LogP contribution in [0.4, 0.5) is 0 Å². The number of carbonyl (C=O) groups is 3. The van der Waals surface area contributed by atoms with E-state index in [1.807, 2.05) is 0 Å². The molecular formula is C35H32O11S. The fourth-order valence-electron chi connectivity index (χ4n) is 4.83. The van der Waals surface area contributed by atoms with Gasteiger partial charge in [0, 0.05) is 7.11 Å². The average Bonchev–Trinajstić information content (AvgIpc) is 3.10. The molecule has 1 aliphatic rings. The highest BCUT2D eigenvalue weighted by atomic mass is 32.2. The Morgan fingerprint density at radius 2 is 1.11 bits per heavy atom. The smallest absolute Gasteiger partial charge is 0.338 e. The Labute approximate surface area is 272 Å². The molecule has 0 bridgehead atoms. The molecule has 0 saturated carbocycles. The molecule has 1 saturated heterocycles. The molecule has 244 valence electrons. The molecule has 5 atom stereocenters. The molecule has 5 rings (SSSR count). The Morgan fingerprint density at radius 1 is 0.638 bits per heavy atom. The molecule has 1 heterocycles. The zero-order chi connectivity index (χ0) is 33.4. The summed E-state index contributed by atoms with van der Waals surface area (Å²) < 4.78 is 61.8. The van der Waals surface area contributed by atoms with Gasteiger partial charge in [0.2, 0.25) is 0 Å². The number of ether oxygens (including phenoxy) is 5. The first-order valence-electron chi connectivity index (χ1n) is 14.6. The number of hydrogen-bond acceptors (Lipinski definition) is 11. The summed E-state index contributed by atoms with van der Waals surface area (Å²) in [6.45, 7) is 1.25. The van der Waals surface area contributed by atoms with Gasteiger partial charge in [-0.15, -0.1) is 0 Å². The predicted molar refractivity (Wildman–Crippen MR) is 167 cm³/mol. The van der Waals surface area contributed by atoms with Gasteiger partial charge in [-0.1, -0.05) is 72.3 Å². The van der Waals surface area contributed by atoms with Crippen molar-refractivity contribution in [1.82, 2.24) is 0 Å². The van der Waals surface area contributed by atoms with Crippen molar-refractivity contribution in [3.63, 3.8) is 0 Å². The summed E-state index contributed by atoms with van der Waals surface area (Å²) >= 11 is 0. The van der Waals surface area contributed by atoms with Crippen molar-refractivity contribution in [2.75, 3.05) is 13.7 Å². The maximum Gasteiger partial charge on any atom is 0.338 e. The first kappa shape index (κ1) is 33.5. The van der Waals surface area contributed by atoms with Gasteiger partial charge < -0.3 is 23.7 Å². The second kappa shape index (κ2) is 15.1. The molecule has 12 heteroatoms. The van der Waals surface area contributed by atoms with Crippen LogP contribution in [0.2, 0.25) is 0 Å². The quantitative estimate of drug-likeness (QED) is 0.125. The van der Waals surface area contributed by atoms with Crippen molar-refractivity contribution in [2.24, 2.45) is 0 Å². The summed E-state index contributed by atoms with van der Waals surface area (Å²) in [5, 5.41) is 0. The van der Waals surface area contributed by atoms with Crippen LogP contribution in [0.3, 0.4) is 0 Å². The van der Waals surface area contributed by atoms with E-state index >= 15 is 0 Å². The summed E-state index contributed by atoms with van der Waals surface area (Å²) in [4.78, 5) is 39.4. The molecule has 0 spiro atoms. The lowest BCUT2D eigenvalue weighted by atomic mass is 9.98. The summed E-state index contributed by atoms with van der Waals surface area (Å²) in [6.07, 6.45) is -7.63. The van der Waals surface area contributed by atoms with Gasteiger partial charge in [-0.05, 0) is 55.5 Å². The van der Waals surface area contributed by atoms with Crippen LogP contribution in [-0.4, -0.2) is 70.7 Å². The third-order valence-corrected chi connectivity index (χ3v) is 8.59. The third kappa shape index (κ3) is 8.29. The normalized spacial score (nSPS) is 20.9. The topological polar surface area (TPSA) is 141 Å². The molecule has 0 amide bonds. The fourth-order valence-corrected chi connectivity index (χ4v) is 5.94. The van der Waals surface area contributed by atoms with Gasteiger partial charge in [0.1, 0.15) is 18.8 Å². The molecule has 1 fully saturated rings. The second-order valence-corrected chi connectivity index (χ2v) is 12.1. The highest BCUT2D eigenvalue weighted by Gasteiger charge is 2.53. The number of methoxy groups -OCH3 is 1. The first-order valence-corrected chi connectivity index (χ1v) is 16.0. The van der Waals surface area contributed by atoms with Gasteiger partial charge >= 0.3 is 17.9 Å². The third-order valence-electron chi connectivity index (χ3n) is 7.26. The van der Waals surface area contributed by atoms with Crippen LogP contribution in [0.5, 0.6) is 0 Å². The molecule has 47 heavy (non-hydrogen) atoms. The number of hydrogen-bond donors (Lipinski definition) is 0. The van der Waals surface area contributed by atoms with Crippen molar-refractivity contribution in [1.29, 1.82) is 0 Å². The Kier molecular flexibility index (Phi) is 10.8. The number of esters is 3. The van der Waals surface area contributed by atoms with Crippen molar-refractivity contribution in [3.8, 4) is 0 Å². The highest BCUT2D eigenvalue weighted by molar-refractivity contribution is 7.86. The minimum Gasteiger partial charge on any atom is -0.459 e. The number of benzene rings is 4. The van der Waals surface area contributed by atoms with Crippen LogP contribution in [0, 0.1) is 6.92 Å². The summed E-state index contributed by atoms with van der Waals surface area (Å²) in [7, 11) is -3.29. The zero-order valence-corrected chi connectivity index (χ0v) is 26.3. The lowest BCUT2D eigenvalue weighted by Gasteiger charge is -2.43. The van der Waals surface area contributed by atoms with Gasteiger partial charge in [-0.3, -0.25) is 4.18 Å². The van der Waals surface area contributed by atoms with Crippen molar-refractivity contribution in [3.05, 3.63) is 138 Å². The zero-order valence-electron chi connectivity index (χ0n) is 25.5. The van der Waals surface area contributed by atoms with E-state index in [1.165, 1.54) is 43.5 Å². The van der Waals surface area contributed by atoms with E-state index in [9.17, 15) is 22.8 Å². The molecule has 0 N–H and O–H groups in total. The van der Waals surface area contributed by atoms with Crippen molar-refractivity contribution < 1.29 is 50.7 Å². The molecule has 4 aromatic carbocycles. The van der Waals surface area contributed by atoms with Crippen molar-refractivity contribution >= 4 is 28.0 Å². The molecule has 1 aliphatic heterocycles. The second-order valence-electron chi connectivity index (χ2n) is 10.5. The first-order chi connectivity index (χ1) is 22.7. The minimum absolute atomic E-state index is 0.133. The average molecular weight is 661 g/mol. The van der Waals surface area contributed by atoms with E-state index < -0.39 is 65.3 Å². The van der Waals surface area contributed by atoms with Gasteiger partial charge in [-0.25, -0.2) is 14.4 Å². The standard InChI is InChI=1S/C35H32O11S/c1-23-18-20-27(21-19-23)47(39,40)46-29-28(22-42-32(36)24-12-6-3-7-13-24)43-35(41-2)31(45-34(38)26-16-10-5-11-17-26)30(29)44-33(37)25-14-8-4-9-15-25/h3-21,28-31,35H,22H2,1-2H3/t28-,29+,30+,31-,35-/m1/s1. The molecule has 11 nitrogen and oxygen atoms in total. The maximum atomic E-state index is 13.7. The predicted octanol–water partition coefficient (Wildman–Crippen LogP) is 4.75. The van der Waals surface area contributed by atoms with Crippen LogP contribution in [0.15, 0.2) is 120 Å². The van der Waals surface area contributed by atoms with Crippen LogP contribution in [-0.2, 0) is 38.0 Å². The van der Waals surface area contributed by atoms with E-state index in [1.54, 1.807) is 85.8 Å². The largest absolute Gasteiger partial charge is 0.459 e. The highest BCUT2D eigenvalue weighted by Crippen LogP contribution is 2.33. The van der Waals surface area contributed by atoms with Gasteiger partial charge in [0.25, 0.3) is 10.1 Å². The van der Waals surface area contributed by atoms with Crippen LogP contribution < -0.4 is 0 Å². The fraction of sp³-hybridized carbons (Fsp3) is 0.229. The van der Waals surface area contributed by atoms with Crippen LogP contribution in [0.1, 0.15) is 36.6 Å². The van der Waals surface area contributed by atoms with E-state index in [0.29, 0.717) is 0 Å². The minimum atomic E-state index is -4.55. The Hall–Kier alpha value is -4.88. The summed E-state index contributed by atoms with van der Waals surface area (Å²) in [5.41, 5.74) is 1.34. The Morgan fingerprint density at radius 3 is 1.60 bits per heavy atom. The van der Waals surface area contributed by atoms with E-state index in [-0.39, 0.29) is 21.6 Å². The van der Waals surface area contributed by atoms with Gasteiger partial charge in [0.15, 0.2) is 18.5 Å². The Balaban J connectivity index is 1.54. The molecule has 0 radical (unpaired) electrons. The van der Waals surface area contributed by atoms with Gasteiger partial charge in [-0.2, -0.15) is 8.42 Å². The molecule has 0 unspecified atom stereocenters. The van der Waals surface area contributed by atoms with Crippen LogP contribution >= 0.6 is 0 Å². The number of aryl methyl sites for hydroxylation is 1. The van der Waals surface area contributed by atoms with Crippen LogP contribution in [0.25, 0.3) is 0 Å². The van der Waals surface area contributed by atoms with E-state index in [0.717, 1.165) is 5.56 Å². The number of rotatable bonds is 11. The molecular weight excluding hydrogens is 628 g/mol. The molecule has 0 aromatic heterocycles. The molecule has 0 aliphatic carbocycles. The van der Waals surface area contributed by atoms with Crippen molar-refractivity contribution in [2.45, 2.75) is 42.5 Å². The lowest BCUT2D eigenvalue weighted by Crippen LogP contribution is -2.63. The SMILES string of the molecule is CO[C@@H]1O[C@H](COC(=O)c2ccccc2)[C@H](OS(=O)(=O)c2ccc(C)cc2)[C@H](OC(=O)c2ccccc2)[C@H]1OC(=O)c1ccccc1. The van der Waals surface area contributed by atoms with E-state index in [4.69, 9.17) is 27.9 Å². The Bertz CT molecular complexity index is 1760. The maximum absolute atomic E-state index is 13.7.